The average Bonchev–Trinajstić information content (AvgIpc) is 2.61. The van der Waals surface area contributed by atoms with Crippen LogP contribution < -0.4 is 10.9 Å². The first kappa shape index (κ1) is 17.0. The van der Waals surface area contributed by atoms with Crippen LogP contribution in [0.3, 0.4) is 0 Å². The maximum atomic E-state index is 12.6. The Balaban J connectivity index is 1.71. The number of benzene rings is 1. The monoisotopic (exact) mass is 345 g/mol. The van der Waals surface area contributed by atoms with Gasteiger partial charge < -0.3 is 9.88 Å². The van der Waals surface area contributed by atoms with Crippen molar-refractivity contribution in [2.45, 2.75) is 56.6 Å². The Kier molecular flexibility index (Phi) is 5.56. The SMILES string of the molecule is CCn1c(=O)c(SCC(=O)NC2CCCCC2)nc2ccccc21. The normalized spacial score (nSPS) is 15.5. The number of nitrogens with one attached hydrogen (secondary N) is 1. The lowest BCUT2D eigenvalue weighted by molar-refractivity contribution is -0.119. The quantitative estimate of drug-likeness (QED) is 0.846. The van der Waals surface area contributed by atoms with Crippen LogP contribution >= 0.6 is 11.8 Å². The van der Waals surface area contributed by atoms with Crippen LogP contribution in [0, 0.1) is 0 Å². The fourth-order valence-corrected chi connectivity index (χ4v) is 3.97. The van der Waals surface area contributed by atoms with Gasteiger partial charge in [-0.05, 0) is 31.9 Å². The summed E-state index contributed by atoms with van der Waals surface area (Å²) >= 11 is 1.23. The molecular formula is C18H23N3O2S. The summed E-state index contributed by atoms with van der Waals surface area (Å²) in [6.45, 7) is 2.53. The van der Waals surface area contributed by atoms with Gasteiger partial charge in [0.1, 0.15) is 0 Å². The summed E-state index contributed by atoms with van der Waals surface area (Å²) in [6.07, 6.45) is 5.76. The number of rotatable bonds is 5. The molecule has 1 heterocycles. The van der Waals surface area contributed by atoms with E-state index in [-0.39, 0.29) is 17.2 Å². The van der Waals surface area contributed by atoms with Gasteiger partial charge in [-0.2, -0.15) is 0 Å². The van der Waals surface area contributed by atoms with Crippen molar-refractivity contribution in [2.75, 3.05) is 5.75 Å². The first-order chi connectivity index (χ1) is 11.7. The van der Waals surface area contributed by atoms with Gasteiger partial charge in [-0.1, -0.05) is 43.2 Å². The molecule has 1 fully saturated rings. The second-order valence-electron chi connectivity index (χ2n) is 6.15. The number of fused-ring (bicyclic) bond motifs is 1. The number of thioether (sulfide) groups is 1. The number of amides is 1. The van der Waals surface area contributed by atoms with Gasteiger partial charge in [-0.25, -0.2) is 4.98 Å². The number of nitrogens with zero attached hydrogens (tertiary/aromatic N) is 2. The summed E-state index contributed by atoms with van der Waals surface area (Å²) < 4.78 is 1.71. The second-order valence-corrected chi connectivity index (χ2v) is 7.11. The lowest BCUT2D eigenvalue weighted by Gasteiger charge is -2.22. The van der Waals surface area contributed by atoms with Crippen LogP contribution in [0.1, 0.15) is 39.0 Å². The number of hydrogen-bond donors (Lipinski definition) is 1. The molecule has 24 heavy (non-hydrogen) atoms. The van der Waals surface area contributed by atoms with E-state index in [0.717, 1.165) is 23.9 Å². The van der Waals surface area contributed by atoms with Gasteiger partial charge in [0.05, 0.1) is 16.8 Å². The maximum absolute atomic E-state index is 12.6. The summed E-state index contributed by atoms with van der Waals surface area (Å²) in [5.74, 6) is 0.227. The van der Waals surface area contributed by atoms with Gasteiger partial charge >= 0.3 is 0 Å². The highest BCUT2D eigenvalue weighted by atomic mass is 32.2. The van der Waals surface area contributed by atoms with E-state index in [0.29, 0.717) is 17.6 Å². The van der Waals surface area contributed by atoms with E-state index in [4.69, 9.17) is 0 Å². The first-order valence-electron chi connectivity index (χ1n) is 8.60. The molecule has 0 bridgehead atoms. The van der Waals surface area contributed by atoms with Crippen LogP contribution in [0.25, 0.3) is 11.0 Å². The first-order valence-corrected chi connectivity index (χ1v) is 9.59. The summed E-state index contributed by atoms with van der Waals surface area (Å²) in [4.78, 5) is 29.2. The number of aromatic nitrogens is 2. The van der Waals surface area contributed by atoms with Crippen LogP contribution in [-0.2, 0) is 11.3 Å². The Labute approximate surface area is 145 Å². The van der Waals surface area contributed by atoms with Crippen LogP contribution in [0.2, 0.25) is 0 Å². The van der Waals surface area contributed by atoms with Gasteiger partial charge in [-0.3, -0.25) is 9.59 Å². The summed E-state index contributed by atoms with van der Waals surface area (Å²) in [5.41, 5.74) is 1.50. The van der Waals surface area contributed by atoms with E-state index in [1.165, 1.54) is 31.0 Å². The van der Waals surface area contributed by atoms with Crippen molar-refractivity contribution >= 4 is 28.7 Å². The Bertz CT molecular complexity index is 781. The molecule has 1 N–H and O–H groups in total. The Morgan fingerprint density at radius 3 is 2.79 bits per heavy atom. The van der Waals surface area contributed by atoms with Gasteiger partial charge in [0.15, 0.2) is 5.03 Å². The van der Waals surface area contributed by atoms with E-state index in [1.54, 1.807) is 4.57 Å². The lowest BCUT2D eigenvalue weighted by Crippen LogP contribution is -2.37. The molecule has 0 spiro atoms. The third kappa shape index (κ3) is 3.80. The van der Waals surface area contributed by atoms with E-state index >= 15 is 0 Å². The number of para-hydroxylation sites is 2. The number of carbonyl (C=O) groups excluding carboxylic acids is 1. The molecule has 1 aliphatic carbocycles. The largest absolute Gasteiger partial charge is 0.353 e. The number of aryl methyl sites for hydroxylation is 1. The minimum Gasteiger partial charge on any atom is -0.353 e. The van der Waals surface area contributed by atoms with Gasteiger partial charge in [0.2, 0.25) is 5.91 Å². The molecule has 1 aromatic carbocycles. The molecule has 1 amide bonds. The number of hydrogen-bond acceptors (Lipinski definition) is 4. The fraction of sp³-hybridized carbons (Fsp3) is 0.500. The molecule has 0 aliphatic heterocycles. The lowest BCUT2D eigenvalue weighted by atomic mass is 9.95. The molecule has 2 aromatic rings. The van der Waals surface area contributed by atoms with Crippen LogP contribution in [0.5, 0.6) is 0 Å². The minimum atomic E-state index is -0.119. The summed E-state index contributed by atoms with van der Waals surface area (Å²) in [6, 6.07) is 7.90. The molecule has 5 nitrogen and oxygen atoms in total. The Hall–Kier alpha value is -1.82. The van der Waals surface area contributed by atoms with Gasteiger partial charge in [0, 0.05) is 12.6 Å². The standard InChI is InChI=1S/C18H23N3O2S/c1-2-21-15-11-7-6-10-14(15)20-17(18(21)23)24-12-16(22)19-13-8-4-3-5-9-13/h6-7,10-11,13H,2-5,8-9,12H2,1H3,(H,19,22). The van der Waals surface area contributed by atoms with Gasteiger partial charge in [0.25, 0.3) is 5.56 Å². The highest BCUT2D eigenvalue weighted by Crippen LogP contribution is 2.19. The van der Waals surface area contributed by atoms with Crippen LogP contribution in [-0.4, -0.2) is 27.3 Å². The fourth-order valence-electron chi connectivity index (χ4n) is 3.23. The van der Waals surface area contributed by atoms with E-state index in [1.807, 2.05) is 31.2 Å². The zero-order valence-electron chi connectivity index (χ0n) is 14.0. The van der Waals surface area contributed by atoms with Crippen LogP contribution in [0.15, 0.2) is 34.1 Å². The molecule has 6 heteroatoms. The highest BCUT2D eigenvalue weighted by Gasteiger charge is 2.17. The van der Waals surface area contributed by atoms with Crippen LogP contribution in [0.4, 0.5) is 0 Å². The third-order valence-corrected chi connectivity index (χ3v) is 5.39. The zero-order valence-corrected chi connectivity index (χ0v) is 14.8. The van der Waals surface area contributed by atoms with Crippen molar-refractivity contribution in [3.63, 3.8) is 0 Å². The Morgan fingerprint density at radius 2 is 2.04 bits per heavy atom. The predicted octanol–water partition coefficient (Wildman–Crippen LogP) is 2.96. The van der Waals surface area contributed by atoms with Crippen molar-refractivity contribution < 1.29 is 4.79 Å². The minimum absolute atomic E-state index is 0.00990. The van der Waals surface area contributed by atoms with Crippen molar-refractivity contribution in [1.29, 1.82) is 0 Å². The Morgan fingerprint density at radius 1 is 1.29 bits per heavy atom. The zero-order chi connectivity index (χ0) is 16.9. The van der Waals surface area contributed by atoms with Crippen molar-refractivity contribution in [3.05, 3.63) is 34.6 Å². The number of carbonyl (C=O) groups is 1. The molecule has 0 radical (unpaired) electrons. The molecular weight excluding hydrogens is 322 g/mol. The molecule has 1 aromatic heterocycles. The predicted molar refractivity (Wildman–Crippen MR) is 97.4 cm³/mol. The molecule has 0 saturated heterocycles. The molecule has 1 saturated carbocycles. The smallest absolute Gasteiger partial charge is 0.283 e. The molecule has 128 valence electrons. The van der Waals surface area contributed by atoms with Crippen molar-refractivity contribution in [2.24, 2.45) is 0 Å². The maximum Gasteiger partial charge on any atom is 0.283 e. The second kappa shape index (κ2) is 7.83. The third-order valence-electron chi connectivity index (χ3n) is 4.45. The van der Waals surface area contributed by atoms with Gasteiger partial charge in [-0.15, -0.1) is 0 Å². The van der Waals surface area contributed by atoms with E-state index < -0.39 is 0 Å². The highest BCUT2D eigenvalue weighted by molar-refractivity contribution is 7.99. The topological polar surface area (TPSA) is 64.0 Å². The average molecular weight is 345 g/mol. The summed E-state index contributed by atoms with van der Waals surface area (Å²) in [5, 5.41) is 3.48. The molecule has 1 aliphatic rings. The van der Waals surface area contributed by atoms with Crippen molar-refractivity contribution in [3.8, 4) is 0 Å². The molecule has 3 rings (SSSR count). The van der Waals surface area contributed by atoms with E-state index in [9.17, 15) is 9.59 Å². The molecule has 0 atom stereocenters. The molecule has 0 unspecified atom stereocenters. The van der Waals surface area contributed by atoms with E-state index in [2.05, 4.69) is 10.3 Å². The summed E-state index contributed by atoms with van der Waals surface area (Å²) in [7, 11) is 0. The van der Waals surface area contributed by atoms with Crippen molar-refractivity contribution in [1.82, 2.24) is 14.9 Å².